The Hall–Kier alpha value is -2.60. The molecule has 0 bridgehead atoms. The van der Waals surface area contributed by atoms with Gasteiger partial charge in [-0.05, 0) is 57.4 Å². The SMILES string of the molecule is CC(C)(C)OC(=O)N1CCC(c2ccc(-c3ccc(NCCO)cc3)cn2)CC1. The lowest BCUT2D eigenvalue weighted by Crippen LogP contribution is -2.41. The van der Waals surface area contributed by atoms with Crippen LogP contribution in [0.4, 0.5) is 10.5 Å². The highest BCUT2D eigenvalue weighted by Gasteiger charge is 2.27. The second kappa shape index (κ2) is 9.27. The van der Waals surface area contributed by atoms with Crippen LogP contribution in [0.2, 0.25) is 0 Å². The predicted molar refractivity (Wildman–Crippen MR) is 115 cm³/mol. The minimum Gasteiger partial charge on any atom is -0.444 e. The number of benzene rings is 1. The predicted octanol–water partition coefficient (Wildman–Crippen LogP) is 4.27. The topological polar surface area (TPSA) is 74.7 Å². The van der Waals surface area contributed by atoms with Crippen LogP contribution in [0.15, 0.2) is 42.6 Å². The molecule has 156 valence electrons. The minimum absolute atomic E-state index is 0.115. The Morgan fingerprint density at radius 3 is 2.34 bits per heavy atom. The molecule has 0 atom stereocenters. The number of amides is 1. The van der Waals surface area contributed by atoms with Crippen LogP contribution in [-0.2, 0) is 4.74 Å². The van der Waals surface area contributed by atoms with Crippen molar-refractivity contribution in [3.8, 4) is 11.1 Å². The first-order valence-electron chi connectivity index (χ1n) is 10.2. The van der Waals surface area contributed by atoms with Gasteiger partial charge in [-0.3, -0.25) is 4.98 Å². The van der Waals surface area contributed by atoms with Crippen molar-refractivity contribution in [2.75, 3.05) is 31.6 Å². The number of hydrogen-bond acceptors (Lipinski definition) is 5. The van der Waals surface area contributed by atoms with Gasteiger partial charge in [0, 0.05) is 48.7 Å². The van der Waals surface area contributed by atoms with Crippen molar-refractivity contribution in [1.29, 1.82) is 0 Å². The molecule has 1 aromatic carbocycles. The van der Waals surface area contributed by atoms with Gasteiger partial charge in [0.25, 0.3) is 0 Å². The van der Waals surface area contributed by atoms with Crippen LogP contribution in [0.5, 0.6) is 0 Å². The van der Waals surface area contributed by atoms with Crippen molar-refractivity contribution in [2.45, 2.75) is 45.1 Å². The average molecular weight is 398 g/mol. The van der Waals surface area contributed by atoms with Gasteiger partial charge in [0.15, 0.2) is 0 Å². The van der Waals surface area contributed by atoms with Crippen molar-refractivity contribution in [3.05, 3.63) is 48.3 Å². The van der Waals surface area contributed by atoms with E-state index in [-0.39, 0.29) is 12.7 Å². The van der Waals surface area contributed by atoms with E-state index < -0.39 is 5.60 Å². The summed E-state index contributed by atoms with van der Waals surface area (Å²) in [7, 11) is 0. The molecule has 0 saturated carbocycles. The zero-order valence-corrected chi connectivity index (χ0v) is 17.5. The molecule has 0 unspecified atom stereocenters. The Morgan fingerprint density at radius 1 is 1.14 bits per heavy atom. The third kappa shape index (κ3) is 5.94. The van der Waals surface area contributed by atoms with Crippen molar-refractivity contribution in [1.82, 2.24) is 9.88 Å². The highest BCUT2D eigenvalue weighted by Crippen LogP contribution is 2.29. The van der Waals surface area contributed by atoms with Gasteiger partial charge in [0.2, 0.25) is 0 Å². The van der Waals surface area contributed by atoms with E-state index in [2.05, 4.69) is 29.6 Å². The van der Waals surface area contributed by atoms with Crippen LogP contribution in [0.25, 0.3) is 11.1 Å². The monoisotopic (exact) mass is 397 g/mol. The maximum absolute atomic E-state index is 12.2. The first-order valence-corrected chi connectivity index (χ1v) is 10.2. The number of piperidine rings is 1. The number of aliphatic hydroxyl groups excluding tert-OH is 1. The minimum atomic E-state index is -0.460. The first kappa shape index (κ1) is 21.1. The standard InChI is InChI=1S/C23H31N3O3/c1-23(2,3)29-22(28)26-13-10-18(11-14-26)21-9-6-19(16-25-21)17-4-7-20(8-5-17)24-12-15-27/h4-9,16,18,24,27H,10-15H2,1-3H3. The van der Waals surface area contributed by atoms with Gasteiger partial charge >= 0.3 is 6.09 Å². The second-order valence-corrected chi connectivity index (χ2v) is 8.44. The fraction of sp³-hybridized carbons (Fsp3) is 0.478. The largest absolute Gasteiger partial charge is 0.444 e. The van der Waals surface area contributed by atoms with Gasteiger partial charge in [0.1, 0.15) is 5.60 Å². The Morgan fingerprint density at radius 2 is 1.79 bits per heavy atom. The van der Waals surface area contributed by atoms with Gasteiger partial charge in [-0.1, -0.05) is 18.2 Å². The molecule has 0 spiro atoms. The summed E-state index contributed by atoms with van der Waals surface area (Å²) >= 11 is 0. The number of anilines is 1. The van der Waals surface area contributed by atoms with E-state index in [9.17, 15) is 4.79 Å². The van der Waals surface area contributed by atoms with Crippen molar-refractivity contribution < 1.29 is 14.6 Å². The summed E-state index contributed by atoms with van der Waals surface area (Å²) in [6, 6.07) is 12.3. The van der Waals surface area contributed by atoms with Crippen LogP contribution >= 0.6 is 0 Å². The molecule has 0 aliphatic carbocycles. The summed E-state index contributed by atoms with van der Waals surface area (Å²) in [6.45, 7) is 7.73. The maximum atomic E-state index is 12.2. The fourth-order valence-electron chi connectivity index (χ4n) is 3.48. The number of pyridine rings is 1. The molecule has 1 aliphatic heterocycles. The van der Waals surface area contributed by atoms with E-state index in [1.807, 2.05) is 39.1 Å². The molecule has 29 heavy (non-hydrogen) atoms. The van der Waals surface area contributed by atoms with E-state index >= 15 is 0 Å². The molecule has 2 aromatic rings. The number of carbonyl (C=O) groups is 1. The third-order valence-electron chi connectivity index (χ3n) is 5.01. The molecule has 1 fully saturated rings. The number of hydrogen-bond donors (Lipinski definition) is 2. The summed E-state index contributed by atoms with van der Waals surface area (Å²) in [5.74, 6) is 0.368. The number of ether oxygens (including phenoxy) is 1. The van der Waals surface area contributed by atoms with Crippen molar-refractivity contribution in [3.63, 3.8) is 0 Å². The van der Waals surface area contributed by atoms with Crippen molar-refractivity contribution >= 4 is 11.8 Å². The lowest BCUT2D eigenvalue weighted by atomic mass is 9.92. The van der Waals surface area contributed by atoms with E-state index in [0.717, 1.165) is 35.3 Å². The van der Waals surface area contributed by atoms with Crippen LogP contribution < -0.4 is 5.32 Å². The normalized spacial score (nSPS) is 15.2. The number of nitrogens with zero attached hydrogens (tertiary/aromatic N) is 2. The molecule has 1 aromatic heterocycles. The van der Waals surface area contributed by atoms with Crippen LogP contribution in [-0.4, -0.2) is 52.9 Å². The summed E-state index contributed by atoms with van der Waals surface area (Å²) < 4.78 is 5.47. The molecule has 1 amide bonds. The Labute approximate surface area is 172 Å². The lowest BCUT2D eigenvalue weighted by molar-refractivity contribution is 0.0204. The van der Waals surface area contributed by atoms with Gasteiger partial charge in [-0.2, -0.15) is 0 Å². The zero-order valence-electron chi connectivity index (χ0n) is 17.5. The number of nitrogens with one attached hydrogen (secondary N) is 1. The summed E-state index contributed by atoms with van der Waals surface area (Å²) in [5.41, 5.74) is 3.80. The van der Waals surface area contributed by atoms with Crippen LogP contribution in [0.3, 0.4) is 0 Å². The number of aliphatic hydroxyl groups is 1. The Balaban J connectivity index is 1.56. The molecule has 3 rings (SSSR count). The molecule has 6 heteroatoms. The fourth-order valence-corrected chi connectivity index (χ4v) is 3.48. The van der Waals surface area contributed by atoms with E-state index in [1.165, 1.54) is 0 Å². The Bertz CT molecular complexity index is 790. The van der Waals surface area contributed by atoms with Gasteiger partial charge in [-0.25, -0.2) is 4.79 Å². The molecule has 0 radical (unpaired) electrons. The summed E-state index contributed by atoms with van der Waals surface area (Å²) in [6.07, 6.45) is 3.50. The highest BCUT2D eigenvalue weighted by atomic mass is 16.6. The highest BCUT2D eigenvalue weighted by molar-refractivity contribution is 5.68. The molecule has 6 nitrogen and oxygen atoms in total. The van der Waals surface area contributed by atoms with Crippen LogP contribution in [0.1, 0.15) is 45.2 Å². The second-order valence-electron chi connectivity index (χ2n) is 8.44. The molecule has 2 N–H and O–H groups in total. The number of likely N-dealkylation sites (tertiary alicyclic amines) is 1. The van der Waals surface area contributed by atoms with E-state index in [4.69, 9.17) is 14.8 Å². The van der Waals surface area contributed by atoms with E-state index in [1.54, 1.807) is 4.90 Å². The van der Waals surface area contributed by atoms with Crippen molar-refractivity contribution in [2.24, 2.45) is 0 Å². The first-order chi connectivity index (χ1) is 13.9. The van der Waals surface area contributed by atoms with Gasteiger partial charge in [-0.15, -0.1) is 0 Å². The lowest BCUT2D eigenvalue weighted by Gasteiger charge is -2.33. The maximum Gasteiger partial charge on any atom is 0.410 e. The van der Waals surface area contributed by atoms with E-state index in [0.29, 0.717) is 25.6 Å². The van der Waals surface area contributed by atoms with Gasteiger partial charge < -0.3 is 20.1 Å². The smallest absolute Gasteiger partial charge is 0.410 e. The summed E-state index contributed by atoms with van der Waals surface area (Å²) in [4.78, 5) is 18.7. The average Bonchev–Trinajstić information content (AvgIpc) is 2.72. The molecule has 2 heterocycles. The molecule has 1 aliphatic rings. The zero-order chi connectivity index (χ0) is 20.9. The number of aromatic nitrogens is 1. The number of carbonyl (C=O) groups excluding carboxylic acids is 1. The summed E-state index contributed by atoms with van der Waals surface area (Å²) in [5, 5.41) is 12.0. The molecular formula is C23H31N3O3. The Kier molecular flexibility index (Phi) is 6.75. The molecule has 1 saturated heterocycles. The number of rotatable bonds is 5. The van der Waals surface area contributed by atoms with Crippen LogP contribution in [0, 0.1) is 0 Å². The molecular weight excluding hydrogens is 366 g/mol. The van der Waals surface area contributed by atoms with Gasteiger partial charge in [0.05, 0.1) is 6.61 Å². The quantitative estimate of drug-likeness (QED) is 0.788. The third-order valence-corrected chi connectivity index (χ3v) is 5.01.